The molecule has 0 N–H and O–H groups in total. The first-order chi connectivity index (χ1) is 11.3. The van der Waals surface area contributed by atoms with Crippen LogP contribution < -0.4 is 4.90 Å². The Hall–Kier alpha value is -1.24. The second-order valence-electron chi connectivity index (χ2n) is 6.09. The number of carbonyl (C=O) groups is 1. The number of hydrogen-bond donors (Lipinski definition) is 0. The molecule has 2 heterocycles. The van der Waals surface area contributed by atoms with Crippen molar-refractivity contribution in [1.82, 2.24) is 4.90 Å². The average Bonchev–Trinajstić information content (AvgIpc) is 2.89. The molecule has 24 heavy (non-hydrogen) atoms. The summed E-state index contributed by atoms with van der Waals surface area (Å²) in [6, 6.07) is 5.51. The molecule has 0 unspecified atom stereocenters. The highest BCUT2D eigenvalue weighted by atomic mass is 35.5. The summed E-state index contributed by atoms with van der Waals surface area (Å²) >= 11 is 12.0. The molecule has 0 radical (unpaired) electrons. The second-order valence-corrected chi connectivity index (χ2v) is 8.83. The first kappa shape index (κ1) is 17.6. The van der Waals surface area contributed by atoms with E-state index in [-0.39, 0.29) is 24.0 Å². The van der Waals surface area contributed by atoms with E-state index in [1.165, 1.54) is 5.41 Å². The number of anilines is 1. The number of hydrogen-bond acceptors (Lipinski definition) is 4. The van der Waals surface area contributed by atoms with Crippen molar-refractivity contribution < 1.29 is 13.2 Å². The minimum Gasteiger partial charge on any atom is -0.368 e. The lowest BCUT2D eigenvalue weighted by molar-refractivity contribution is -0.132. The summed E-state index contributed by atoms with van der Waals surface area (Å²) in [7, 11) is -3.11. The number of rotatable bonds is 3. The molecule has 1 amide bonds. The molecule has 1 aromatic carbocycles. The van der Waals surface area contributed by atoms with Crippen molar-refractivity contribution in [3.8, 4) is 0 Å². The fourth-order valence-corrected chi connectivity index (χ4v) is 4.71. The van der Waals surface area contributed by atoms with Gasteiger partial charge in [0.15, 0.2) is 9.84 Å². The molecule has 0 aliphatic carbocycles. The van der Waals surface area contributed by atoms with Crippen molar-refractivity contribution >= 4 is 44.6 Å². The van der Waals surface area contributed by atoms with Gasteiger partial charge in [-0.25, -0.2) is 8.42 Å². The SMILES string of the molecule is O=C(C[C@H]1C=CS(=O)(=O)C1)N1CCN(c2ccc(Cl)c(Cl)c2)CC1. The molecule has 0 bridgehead atoms. The van der Waals surface area contributed by atoms with Crippen LogP contribution in [-0.4, -0.2) is 51.2 Å². The van der Waals surface area contributed by atoms with E-state index in [4.69, 9.17) is 23.2 Å². The van der Waals surface area contributed by atoms with Crippen LogP contribution in [0.25, 0.3) is 0 Å². The number of amides is 1. The predicted molar refractivity (Wildman–Crippen MR) is 96.3 cm³/mol. The Morgan fingerprint density at radius 1 is 1.12 bits per heavy atom. The van der Waals surface area contributed by atoms with Gasteiger partial charge in [0.05, 0.1) is 15.8 Å². The lowest BCUT2D eigenvalue weighted by Crippen LogP contribution is -2.49. The monoisotopic (exact) mass is 388 g/mol. The fourth-order valence-electron chi connectivity index (χ4n) is 3.02. The van der Waals surface area contributed by atoms with Gasteiger partial charge < -0.3 is 9.80 Å². The lowest BCUT2D eigenvalue weighted by atomic mass is 10.1. The topological polar surface area (TPSA) is 57.7 Å². The van der Waals surface area contributed by atoms with Gasteiger partial charge in [-0.1, -0.05) is 29.3 Å². The Morgan fingerprint density at radius 2 is 1.83 bits per heavy atom. The summed E-state index contributed by atoms with van der Waals surface area (Å²) < 4.78 is 22.8. The van der Waals surface area contributed by atoms with Gasteiger partial charge in [0.1, 0.15) is 0 Å². The van der Waals surface area contributed by atoms with Crippen molar-refractivity contribution in [3.63, 3.8) is 0 Å². The summed E-state index contributed by atoms with van der Waals surface area (Å²) in [5.74, 6) is -0.145. The van der Waals surface area contributed by atoms with Crippen LogP contribution in [0, 0.1) is 5.92 Å². The van der Waals surface area contributed by atoms with Crippen molar-refractivity contribution in [3.05, 3.63) is 39.7 Å². The van der Waals surface area contributed by atoms with Gasteiger partial charge in [0.2, 0.25) is 5.91 Å². The molecule has 1 aromatic rings. The van der Waals surface area contributed by atoms with Crippen LogP contribution in [0.2, 0.25) is 10.0 Å². The smallest absolute Gasteiger partial charge is 0.223 e. The van der Waals surface area contributed by atoms with Gasteiger partial charge in [-0.3, -0.25) is 4.79 Å². The van der Waals surface area contributed by atoms with Gasteiger partial charge in [0, 0.05) is 49.6 Å². The van der Waals surface area contributed by atoms with Crippen LogP contribution in [0.15, 0.2) is 29.7 Å². The van der Waals surface area contributed by atoms with Crippen molar-refractivity contribution in [2.75, 3.05) is 36.8 Å². The zero-order valence-corrected chi connectivity index (χ0v) is 15.3. The van der Waals surface area contributed by atoms with Crippen LogP contribution in [-0.2, 0) is 14.6 Å². The van der Waals surface area contributed by atoms with Crippen LogP contribution >= 0.6 is 23.2 Å². The summed E-state index contributed by atoms with van der Waals surface area (Å²) in [6.45, 7) is 2.65. The van der Waals surface area contributed by atoms with Crippen molar-refractivity contribution in [2.24, 2.45) is 5.92 Å². The zero-order valence-electron chi connectivity index (χ0n) is 13.0. The average molecular weight is 389 g/mol. The molecule has 8 heteroatoms. The number of halogens is 2. The summed E-state index contributed by atoms with van der Waals surface area (Å²) in [5.41, 5.74) is 0.987. The first-order valence-electron chi connectivity index (χ1n) is 7.73. The normalized spacial score (nSPS) is 22.8. The highest BCUT2D eigenvalue weighted by Gasteiger charge is 2.27. The number of benzene rings is 1. The van der Waals surface area contributed by atoms with E-state index in [2.05, 4.69) is 4.90 Å². The summed E-state index contributed by atoms with van der Waals surface area (Å²) in [4.78, 5) is 16.3. The van der Waals surface area contributed by atoms with Crippen molar-refractivity contribution in [1.29, 1.82) is 0 Å². The molecule has 3 rings (SSSR count). The number of sulfone groups is 1. The van der Waals surface area contributed by atoms with E-state index in [9.17, 15) is 13.2 Å². The molecule has 1 fully saturated rings. The van der Waals surface area contributed by atoms with Gasteiger partial charge in [-0.15, -0.1) is 0 Å². The third-order valence-corrected chi connectivity index (χ3v) is 6.55. The van der Waals surface area contributed by atoms with E-state index in [1.54, 1.807) is 17.0 Å². The van der Waals surface area contributed by atoms with Gasteiger partial charge >= 0.3 is 0 Å². The van der Waals surface area contributed by atoms with Crippen LogP contribution in [0.4, 0.5) is 5.69 Å². The number of nitrogens with zero attached hydrogens (tertiary/aromatic N) is 2. The summed E-state index contributed by atoms with van der Waals surface area (Å²) in [5, 5.41) is 2.25. The molecule has 0 spiro atoms. The maximum absolute atomic E-state index is 12.3. The molecular weight excluding hydrogens is 371 g/mol. The van der Waals surface area contributed by atoms with Crippen LogP contribution in [0.5, 0.6) is 0 Å². The first-order valence-corrected chi connectivity index (χ1v) is 10.2. The maximum atomic E-state index is 12.3. The zero-order chi connectivity index (χ0) is 17.3. The highest BCUT2D eigenvalue weighted by Crippen LogP contribution is 2.28. The minimum atomic E-state index is -3.11. The molecule has 1 saturated heterocycles. The molecule has 130 valence electrons. The maximum Gasteiger partial charge on any atom is 0.223 e. The number of carbonyl (C=O) groups excluding carboxylic acids is 1. The molecule has 0 saturated carbocycles. The second kappa shape index (κ2) is 6.94. The van der Waals surface area contributed by atoms with Crippen LogP contribution in [0.1, 0.15) is 6.42 Å². The molecule has 2 aliphatic heterocycles. The Kier molecular flexibility index (Phi) is 5.08. The molecule has 5 nitrogen and oxygen atoms in total. The van der Waals surface area contributed by atoms with Gasteiger partial charge in [-0.2, -0.15) is 0 Å². The molecular formula is C16H18Cl2N2O3S. The summed E-state index contributed by atoms with van der Waals surface area (Å²) in [6.07, 6.45) is 1.88. The largest absolute Gasteiger partial charge is 0.368 e. The third kappa shape index (κ3) is 4.05. The lowest BCUT2D eigenvalue weighted by Gasteiger charge is -2.36. The number of allylic oxidation sites excluding steroid dienone is 1. The third-order valence-electron chi connectivity index (χ3n) is 4.34. The van der Waals surface area contributed by atoms with E-state index < -0.39 is 9.84 Å². The quantitative estimate of drug-likeness (QED) is 0.798. The predicted octanol–water partition coefficient (Wildman–Crippen LogP) is 2.59. The Bertz CT molecular complexity index is 772. The number of piperazine rings is 1. The van der Waals surface area contributed by atoms with Crippen molar-refractivity contribution in [2.45, 2.75) is 6.42 Å². The highest BCUT2D eigenvalue weighted by molar-refractivity contribution is 7.94. The van der Waals surface area contributed by atoms with E-state index in [0.29, 0.717) is 36.2 Å². The molecule has 1 atom stereocenters. The molecule has 2 aliphatic rings. The minimum absolute atomic E-state index is 0.00976. The Labute approximate surface area is 151 Å². The van der Waals surface area contributed by atoms with Gasteiger partial charge in [0.25, 0.3) is 0 Å². The standard InChI is InChI=1S/C16H18Cl2N2O3S/c17-14-2-1-13(10-15(14)18)19-4-6-20(7-5-19)16(21)9-12-3-8-24(22,23)11-12/h1-3,8,10,12H,4-7,9,11H2/t12-/m1/s1. The molecule has 0 aromatic heterocycles. The van der Waals surface area contributed by atoms with Crippen LogP contribution in [0.3, 0.4) is 0 Å². The Morgan fingerprint density at radius 3 is 2.42 bits per heavy atom. The van der Waals surface area contributed by atoms with Gasteiger partial charge in [-0.05, 0) is 18.2 Å². The Balaban J connectivity index is 1.54. The van der Waals surface area contributed by atoms with E-state index in [1.807, 2.05) is 12.1 Å². The fraction of sp³-hybridized carbons (Fsp3) is 0.438. The van der Waals surface area contributed by atoms with E-state index >= 15 is 0 Å². The van der Waals surface area contributed by atoms with E-state index in [0.717, 1.165) is 5.69 Å².